The second kappa shape index (κ2) is 33.8. The number of hydrogen-bond donors (Lipinski definition) is 16. The number of rotatable bonds is 20. The van der Waals surface area contributed by atoms with Crippen molar-refractivity contribution >= 4 is 58.4 Å². The van der Waals surface area contributed by atoms with Crippen LogP contribution in [-0.2, 0) is 35.2 Å². The lowest BCUT2D eigenvalue weighted by atomic mass is 9.86. The first-order valence-corrected chi connectivity index (χ1v) is 34.1. The lowest BCUT2D eigenvalue weighted by molar-refractivity contribution is -0.147. The van der Waals surface area contributed by atoms with Crippen molar-refractivity contribution in [2.75, 3.05) is 83.6 Å². The maximum absolute atomic E-state index is 14.8. The third-order valence-corrected chi connectivity index (χ3v) is 20.0. The summed E-state index contributed by atoms with van der Waals surface area (Å²) in [4.78, 5) is 109. The van der Waals surface area contributed by atoms with E-state index in [1.54, 1.807) is 12.1 Å². The van der Waals surface area contributed by atoms with Crippen LogP contribution < -0.4 is 47.3 Å². The molecule has 7 amide bonds. The van der Waals surface area contributed by atoms with Crippen molar-refractivity contribution < 1.29 is 84.3 Å². The molecule has 13 atom stereocenters. The number of phenolic OH excluding ortho intramolecular Hbond substituents is 1. The van der Waals surface area contributed by atoms with Gasteiger partial charge in [-0.05, 0) is 106 Å². The molecule has 0 spiro atoms. The Morgan fingerprint density at radius 1 is 0.732 bits per heavy atom. The third kappa shape index (κ3) is 18.4. The van der Waals surface area contributed by atoms with Gasteiger partial charge in [-0.2, -0.15) is 0 Å². The molecular weight excluding hydrogens is 1280 g/mol. The van der Waals surface area contributed by atoms with Gasteiger partial charge in [0.15, 0.2) is 11.5 Å². The lowest BCUT2D eigenvalue weighted by Gasteiger charge is -2.42. The molecule has 530 valence electrons. The zero-order valence-corrected chi connectivity index (χ0v) is 55.5. The minimum atomic E-state index is -2.08. The van der Waals surface area contributed by atoms with Crippen LogP contribution in [0.1, 0.15) is 81.6 Å². The molecule has 5 heterocycles. The molecule has 97 heavy (non-hydrogen) atoms. The summed E-state index contributed by atoms with van der Waals surface area (Å²) in [5.41, 5.74) is 8.72. The highest BCUT2D eigenvalue weighted by molar-refractivity contribution is 7.17. The molecule has 1 aliphatic carbocycles. The van der Waals surface area contributed by atoms with E-state index in [2.05, 4.69) is 71.0 Å². The van der Waals surface area contributed by atoms with Gasteiger partial charge in [-0.25, -0.2) is 0 Å². The molecule has 5 fully saturated rings. The molecule has 30 nitrogen and oxygen atoms in total. The van der Waals surface area contributed by atoms with Crippen molar-refractivity contribution in [1.29, 1.82) is 0 Å². The number of β-amino-alcohol motifs (C(OH)–C–C–N with tert-alkyl or cyclic N) is 1. The second-order valence-corrected chi connectivity index (χ2v) is 27.2. The van der Waals surface area contributed by atoms with Gasteiger partial charge in [0, 0.05) is 106 Å². The predicted molar refractivity (Wildman–Crippen MR) is 354 cm³/mol. The minimum absolute atomic E-state index is 0.0404. The van der Waals surface area contributed by atoms with Crippen molar-refractivity contribution in [2.24, 2.45) is 17.6 Å². The molecule has 5 aliphatic rings. The fraction of sp³-hybridized carbons (Fsp3) is 0.591. The molecule has 0 bridgehead atoms. The molecule has 31 heteroatoms. The number of fused-ring (bicyclic) bond motifs is 2. The number of anilines is 1. The monoisotopic (exact) mass is 1370 g/mol. The average Bonchev–Trinajstić information content (AvgIpc) is 1.68. The maximum atomic E-state index is 14.8. The highest BCUT2D eigenvalue weighted by Crippen LogP contribution is 2.34. The van der Waals surface area contributed by atoms with Gasteiger partial charge >= 0.3 is 0 Å². The van der Waals surface area contributed by atoms with Crippen LogP contribution in [0.3, 0.4) is 0 Å². The number of carbonyl (C=O) groups is 7. The van der Waals surface area contributed by atoms with E-state index in [4.69, 9.17) is 10.5 Å². The van der Waals surface area contributed by atoms with Gasteiger partial charge in [0.1, 0.15) is 52.9 Å². The summed E-state index contributed by atoms with van der Waals surface area (Å²) in [6.45, 7) is 6.55. The summed E-state index contributed by atoms with van der Waals surface area (Å²) in [6, 6.07) is 7.33. The van der Waals surface area contributed by atoms with Gasteiger partial charge in [0.05, 0.1) is 55.9 Å². The Kier molecular flexibility index (Phi) is 25.7. The summed E-state index contributed by atoms with van der Waals surface area (Å²) >= 11 is 1.35. The Morgan fingerprint density at radius 2 is 1.36 bits per heavy atom. The van der Waals surface area contributed by atoms with Crippen molar-refractivity contribution in [1.82, 2.24) is 56.8 Å². The van der Waals surface area contributed by atoms with Crippen LogP contribution in [0.15, 0.2) is 66.7 Å². The molecular formula is C66H93N13O17S. The molecule has 0 radical (unpaired) electrons. The normalized spacial score (nSPS) is 27.8. The van der Waals surface area contributed by atoms with Crippen molar-refractivity contribution in [3.05, 3.63) is 77.9 Å². The first kappa shape index (κ1) is 73.7. The quantitative estimate of drug-likeness (QED) is 0.0390. The van der Waals surface area contributed by atoms with Gasteiger partial charge in [-0.15, -0.1) is 10.2 Å². The first-order chi connectivity index (χ1) is 46.4. The lowest BCUT2D eigenvalue weighted by Crippen LogP contribution is -2.64. The topological polar surface area (TPSA) is 448 Å². The number of aromatic hydroxyl groups is 1. The number of ether oxygens (including phenoxy) is 1. The van der Waals surface area contributed by atoms with E-state index in [-0.39, 0.29) is 68.5 Å². The number of nitrogens with two attached hydrogens (primary N) is 1. The number of amides is 7. The van der Waals surface area contributed by atoms with E-state index < -0.39 is 159 Å². The molecule has 9 rings (SSSR count). The number of hydrogen-bond acceptors (Lipinski definition) is 24. The van der Waals surface area contributed by atoms with Crippen molar-refractivity contribution in [3.63, 3.8) is 0 Å². The van der Waals surface area contributed by atoms with Gasteiger partial charge in [-0.3, -0.25) is 38.5 Å². The van der Waals surface area contributed by atoms with Crippen LogP contribution in [0.2, 0.25) is 0 Å². The molecule has 1 aromatic heterocycles. The number of nitrogens with zero attached hydrogens (tertiary/aromatic N) is 6. The van der Waals surface area contributed by atoms with E-state index in [0.717, 1.165) is 60.1 Å². The Hall–Kier alpha value is -7.53. The first-order valence-electron chi connectivity index (χ1n) is 33.3. The highest BCUT2D eigenvalue weighted by Gasteiger charge is 2.50. The molecule has 3 aromatic carbocycles. The molecule has 0 unspecified atom stereocenters. The van der Waals surface area contributed by atoms with E-state index in [1.807, 2.05) is 12.1 Å². The van der Waals surface area contributed by atoms with E-state index in [0.29, 0.717) is 21.6 Å². The van der Waals surface area contributed by atoms with Crippen LogP contribution in [-0.4, -0.2) is 276 Å². The number of aliphatic hydroxyl groups is 8. The maximum Gasteiger partial charge on any atom is 0.251 e. The zero-order valence-electron chi connectivity index (χ0n) is 54.7. The number of nitrogens with one attached hydrogen (secondary N) is 6. The minimum Gasteiger partial charge on any atom is -0.504 e. The van der Waals surface area contributed by atoms with E-state index in [1.165, 1.54) is 74.3 Å². The Bertz CT molecular complexity index is 3330. The fourth-order valence-electron chi connectivity index (χ4n) is 13.3. The predicted octanol–water partition coefficient (Wildman–Crippen LogP) is -3.10. The van der Waals surface area contributed by atoms with Crippen LogP contribution in [0.5, 0.6) is 11.5 Å². The van der Waals surface area contributed by atoms with Crippen molar-refractivity contribution in [3.8, 4) is 32.6 Å². The molecule has 17 N–H and O–H groups in total. The Labute approximate surface area is 565 Å². The zero-order chi connectivity index (χ0) is 69.8. The van der Waals surface area contributed by atoms with Gasteiger partial charge < -0.3 is 103 Å². The van der Waals surface area contributed by atoms with E-state index in [9.17, 15) is 79.5 Å². The summed E-state index contributed by atoms with van der Waals surface area (Å²) in [6.07, 6.45) is -6.95. The standard InChI is InChI=1S/C66H93N13O17S/c1-35-4-13-43(14-5-35)76-21-23-77(24-22-76)44-15-11-41(12-16-44)64-75-74-63(97-64)40-9-7-39(8-10-40)58(89)70-47-28-45(83)30-69-62(93)56-57(88)36(2)31-79(56)66(95)55(50(86)18-19-67)73-61(92)54(51(87)26-38-6-17-49(85)52(27-38)96-25-20-68-42(33-80)34-81)72-60(91)48-29-46(84)32-78(48)65(94)53(37(3)82)71-59(47)90/h6-12,15-17,27,35-37,42-43,45-48,50-51,53-57,68,80-88H,4-5,13-14,18-26,28-34,67H2,1-3H3,(H,69,93)(H,70,89)(H,71,90)(H,72,91)(H,73,92)/t35?,36-,37+,43?,45+,46+,47-,48-,50+,51+,53-,54-,55-,56-,57-/m0/s1. The summed E-state index contributed by atoms with van der Waals surface area (Å²) < 4.78 is 5.71. The summed E-state index contributed by atoms with van der Waals surface area (Å²) in [5.74, 6) is -8.05. The summed E-state index contributed by atoms with van der Waals surface area (Å²) in [7, 11) is 0. The van der Waals surface area contributed by atoms with Crippen LogP contribution in [0, 0.1) is 11.8 Å². The Balaban J connectivity index is 0.945. The Morgan fingerprint density at radius 3 is 2.00 bits per heavy atom. The molecule has 4 aromatic rings. The average molecular weight is 1370 g/mol. The largest absolute Gasteiger partial charge is 0.504 e. The smallest absolute Gasteiger partial charge is 0.251 e. The number of phenols is 1. The number of benzene rings is 3. The van der Waals surface area contributed by atoms with Crippen LogP contribution in [0.25, 0.3) is 21.1 Å². The second-order valence-electron chi connectivity index (χ2n) is 26.2. The van der Waals surface area contributed by atoms with Crippen LogP contribution >= 0.6 is 11.3 Å². The highest BCUT2D eigenvalue weighted by atomic mass is 32.1. The molecule has 4 aliphatic heterocycles. The number of aliphatic hydroxyl groups excluding tert-OH is 8. The van der Waals surface area contributed by atoms with Crippen molar-refractivity contribution in [2.45, 2.75) is 157 Å². The van der Waals surface area contributed by atoms with Crippen LogP contribution in [0.4, 0.5) is 5.69 Å². The molecule has 4 saturated heterocycles. The third-order valence-electron chi connectivity index (χ3n) is 19.0. The number of carbonyl (C=O) groups excluding carboxylic acids is 7. The van der Waals surface area contributed by atoms with Gasteiger partial charge in [0.2, 0.25) is 35.4 Å². The summed E-state index contributed by atoms with van der Waals surface area (Å²) in [5, 5.41) is 124. The fourth-order valence-corrected chi connectivity index (χ4v) is 14.1. The number of aromatic nitrogens is 2. The SMILES string of the molecule is CC1CCC(N2CCN(c3ccc(-c4nnc(-c5ccc(C(=O)N[C@H]6C[C@@H](O)CNC(=O)[C@@H]7[C@@H](O)[C@@H](C)CN7C(=O)[C@H]([C@H](O)CCN)NC(=O)[C@H]([C@H](O)Cc7ccc(O)c(OCCNC(CO)CO)c7)NC(=O)[C@@H]7C[C@@H](O)CN7C(=O)[C@H]([C@@H](C)O)NC6=O)cc5)s4)cc3)CC2)CC1. The number of piperazine rings is 1. The van der Waals surface area contributed by atoms with Gasteiger partial charge in [-0.1, -0.05) is 43.4 Å². The molecule has 1 saturated carbocycles. The van der Waals surface area contributed by atoms with Gasteiger partial charge in [0.25, 0.3) is 5.91 Å². The van der Waals surface area contributed by atoms with E-state index >= 15 is 0 Å².